The summed E-state index contributed by atoms with van der Waals surface area (Å²) in [5, 5.41) is 0. The average molecular weight is 324 g/mol. The highest BCUT2D eigenvalue weighted by molar-refractivity contribution is 7.90. The zero-order chi connectivity index (χ0) is 16.5. The van der Waals surface area contributed by atoms with Gasteiger partial charge in [0.25, 0.3) is 5.95 Å². The molecule has 0 fully saturated rings. The lowest BCUT2D eigenvalue weighted by Crippen LogP contribution is -2.29. The molecule has 0 saturated carbocycles. The summed E-state index contributed by atoms with van der Waals surface area (Å²) in [7, 11) is -3.27. The van der Waals surface area contributed by atoms with E-state index in [1.165, 1.54) is 12.1 Å². The summed E-state index contributed by atoms with van der Waals surface area (Å²) >= 11 is 0. The van der Waals surface area contributed by atoms with Crippen molar-refractivity contribution >= 4 is 21.2 Å². The van der Waals surface area contributed by atoms with Gasteiger partial charge in [-0.2, -0.15) is 0 Å². The summed E-state index contributed by atoms with van der Waals surface area (Å²) in [4.78, 5) is 12.7. The van der Waals surface area contributed by atoms with Crippen LogP contribution >= 0.6 is 0 Å². The SMILES string of the molecule is CCCOC1=C(c2ccc(S(C)(=O)=O)cc2)C(=O)C(C)(C)O1. The molecule has 0 radical (unpaired) electrons. The first-order valence-corrected chi connectivity index (χ1v) is 8.97. The molecule has 0 atom stereocenters. The number of ether oxygens (including phenoxy) is 2. The Kier molecular flexibility index (Phi) is 4.33. The Hall–Kier alpha value is -1.82. The van der Waals surface area contributed by atoms with Gasteiger partial charge in [-0.15, -0.1) is 0 Å². The molecule has 1 aromatic carbocycles. The van der Waals surface area contributed by atoms with Crippen LogP contribution in [0.3, 0.4) is 0 Å². The van der Waals surface area contributed by atoms with Crippen LogP contribution in [-0.4, -0.2) is 32.7 Å². The van der Waals surface area contributed by atoms with Gasteiger partial charge in [-0.3, -0.25) is 4.79 Å². The number of sulfone groups is 1. The summed E-state index contributed by atoms with van der Waals surface area (Å²) in [6, 6.07) is 6.16. The highest BCUT2D eigenvalue weighted by atomic mass is 32.2. The lowest BCUT2D eigenvalue weighted by molar-refractivity contribution is -0.129. The van der Waals surface area contributed by atoms with Gasteiger partial charge in [0.15, 0.2) is 15.4 Å². The van der Waals surface area contributed by atoms with Crippen molar-refractivity contribution in [3.8, 4) is 0 Å². The molecular formula is C16H20O5S. The number of Topliss-reactive ketones (excluding diaryl/α,β-unsaturated/α-hetero) is 1. The molecule has 0 N–H and O–H groups in total. The Bertz CT molecular complexity index is 711. The zero-order valence-corrected chi connectivity index (χ0v) is 14.0. The van der Waals surface area contributed by atoms with Crippen LogP contribution in [0.1, 0.15) is 32.8 Å². The maximum atomic E-state index is 12.5. The number of rotatable bonds is 5. The van der Waals surface area contributed by atoms with Crippen molar-refractivity contribution < 1.29 is 22.7 Å². The number of ketones is 1. The molecule has 6 heteroatoms. The Morgan fingerprint density at radius 1 is 1.18 bits per heavy atom. The lowest BCUT2D eigenvalue weighted by Gasteiger charge is -2.17. The Morgan fingerprint density at radius 2 is 1.77 bits per heavy atom. The summed E-state index contributed by atoms with van der Waals surface area (Å²) in [5.74, 6) is 0.0367. The highest BCUT2D eigenvalue weighted by Gasteiger charge is 2.43. The molecule has 0 amide bonds. The molecule has 0 aliphatic carbocycles. The minimum Gasteiger partial charge on any atom is -0.465 e. The maximum Gasteiger partial charge on any atom is 0.292 e. The molecule has 1 aliphatic heterocycles. The van der Waals surface area contributed by atoms with Crippen molar-refractivity contribution in [1.82, 2.24) is 0 Å². The van der Waals surface area contributed by atoms with Crippen molar-refractivity contribution in [2.45, 2.75) is 37.7 Å². The normalized spacial score (nSPS) is 17.5. The van der Waals surface area contributed by atoms with Crippen LogP contribution in [0.2, 0.25) is 0 Å². The largest absolute Gasteiger partial charge is 0.465 e. The maximum absolute atomic E-state index is 12.5. The summed E-state index contributed by atoms with van der Waals surface area (Å²) < 4.78 is 34.2. The molecular weight excluding hydrogens is 304 g/mol. The molecule has 2 rings (SSSR count). The smallest absolute Gasteiger partial charge is 0.292 e. The summed E-state index contributed by atoms with van der Waals surface area (Å²) in [6.07, 6.45) is 1.94. The van der Waals surface area contributed by atoms with E-state index in [0.717, 1.165) is 12.7 Å². The van der Waals surface area contributed by atoms with Gasteiger partial charge in [0.05, 0.1) is 11.5 Å². The van der Waals surface area contributed by atoms with Crippen molar-refractivity contribution in [1.29, 1.82) is 0 Å². The van der Waals surface area contributed by atoms with Gasteiger partial charge in [-0.05, 0) is 38.0 Å². The van der Waals surface area contributed by atoms with E-state index in [2.05, 4.69) is 0 Å². The number of hydrogen-bond acceptors (Lipinski definition) is 5. The highest BCUT2D eigenvalue weighted by Crippen LogP contribution is 2.37. The van der Waals surface area contributed by atoms with Gasteiger partial charge in [-0.25, -0.2) is 8.42 Å². The first kappa shape index (κ1) is 16.5. The molecule has 22 heavy (non-hydrogen) atoms. The molecule has 0 bridgehead atoms. The third-order valence-electron chi connectivity index (χ3n) is 3.33. The second kappa shape index (κ2) is 5.76. The number of carbonyl (C=O) groups is 1. The number of benzene rings is 1. The fourth-order valence-corrected chi connectivity index (χ4v) is 2.77. The van der Waals surface area contributed by atoms with Gasteiger partial charge in [-0.1, -0.05) is 19.1 Å². The van der Waals surface area contributed by atoms with Crippen LogP contribution in [0.5, 0.6) is 0 Å². The molecule has 5 nitrogen and oxygen atoms in total. The fourth-order valence-electron chi connectivity index (χ4n) is 2.14. The third kappa shape index (κ3) is 3.16. The van der Waals surface area contributed by atoms with Crippen LogP contribution < -0.4 is 0 Å². The van der Waals surface area contributed by atoms with Crippen molar-refractivity contribution in [3.05, 3.63) is 35.8 Å². The summed E-state index contributed by atoms with van der Waals surface area (Å²) in [6.45, 7) is 5.78. The van der Waals surface area contributed by atoms with Crippen LogP contribution in [-0.2, 0) is 24.1 Å². The number of hydrogen-bond donors (Lipinski definition) is 0. The monoisotopic (exact) mass is 324 g/mol. The predicted molar refractivity (Wildman–Crippen MR) is 82.9 cm³/mol. The van der Waals surface area contributed by atoms with E-state index in [1.807, 2.05) is 6.92 Å². The second-order valence-electron chi connectivity index (χ2n) is 5.75. The third-order valence-corrected chi connectivity index (χ3v) is 4.46. The zero-order valence-electron chi connectivity index (χ0n) is 13.2. The molecule has 1 aromatic rings. The van der Waals surface area contributed by atoms with Crippen LogP contribution in [0.4, 0.5) is 0 Å². The van der Waals surface area contributed by atoms with E-state index in [1.54, 1.807) is 26.0 Å². The van der Waals surface area contributed by atoms with Gasteiger partial charge in [0, 0.05) is 6.26 Å². The lowest BCUT2D eigenvalue weighted by atomic mass is 9.95. The van der Waals surface area contributed by atoms with Crippen molar-refractivity contribution in [2.24, 2.45) is 0 Å². The number of carbonyl (C=O) groups excluding carboxylic acids is 1. The van der Waals surface area contributed by atoms with Crippen molar-refractivity contribution in [3.63, 3.8) is 0 Å². The van der Waals surface area contributed by atoms with E-state index in [0.29, 0.717) is 17.7 Å². The quantitative estimate of drug-likeness (QED) is 0.832. The molecule has 1 heterocycles. The standard InChI is InChI=1S/C16H20O5S/c1-5-10-20-15-13(14(17)16(2,3)21-15)11-6-8-12(9-7-11)22(4,18)19/h6-9H,5,10H2,1-4H3. The van der Waals surface area contributed by atoms with Crippen LogP contribution in [0, 0.1) is 0 Å². The minimum atomic E-state index is -3.27. The Morgan fingerprint density at radius 3 is 2.27 bits per heavy atom. The molecule has 1 aliphatic rings. The Labute approximate surface area is 130 Å². The molecule has 120 valence electrons. The van der Waals surface area contributed by atoms with Crippen LogP contribution in [0.15, 0.2) is 35.1 Å². The molecule has 0 spiro atoms. The van der Waals surface area contributed by atoms with Crippen LogP contribution in [0.25, 0.3) is 5.57 Å². The first-order valence-electron chi connectivity index (χ1n) is 7.08. The predicted octanol–water partition coefficient (Wildman–Crippen LogP) is 2.56. The van der Waals surface area contributed by atoms with E-state index < -0.39 is 15.4 Å². The topological polar surface area (TPSA) is 69.7 Å². The average Bonchev–Trinajstić information content (AvgIpc) is 2.66. The van der Waals surface area contributed by atoms with E-state index >= 15 is 0 Å². The van der Waals surface area contributed by atoms with Gasteiger partial charge < -0.3 is 9.47 Å². The Balaban J connectivity index is 2.44. The van der Waals surface area contributed by atoms with Gasteiger partial charge in [0.2, 0.25) is 5.78 Å². The van der Waals surface area contributed by atoms with E-state index in [-0.39, 0.29) is 16.6 Å². The fraction of sp³-hybridized carbons (Fsp3) is 0.438. The molecule has 0 saturated heterocycles. The molecule has 0 unspecified atom stereocenters. The molecule has 0 aromatic heterocycles. The van der Waals surface area contributed by atoms with Gasteiger partial charge >= 0.3 is 0 Å². The van der Waals surface area contributed by atoms with Gasteiger partial charge in [0.1, 0.15) is 5.57 Å². The van der Waals surface area contributed by atoms with Crippen molar-refractivity contribution in [2.75, 3.05) is 12.9 Å². The first-order chi connectivity index (χ1) is 10.2. The minimum absolute atomic E-state index is 0.175. The summed E-state index contributed by atoms with van der Waals surface area (Å²) in [5.41, 5.74) is -0.0268. The second-order valence-corrected chi connectivity index (χ2v) is 7.76. The van der Waals surface area contributed by atoms with E-state index in [4.69, 9.17) is 9.47 Å². The van der Waals surface area contributed by atoms with E-state index in [9.17, 15) is 13.2 Å².